The third-order valence-corrected chi connectivity index (χ3v) is 5.32. The molecule has 1 saturated heterocycles. The number of allylic oxidation sites excluding steroid dienone is 4. The molecule has 3 nitrogen and oxygen atoms in total. The lowest BCUT2D eigenvalue weighted by molar-refractivity contribution is -0.190. The normalized spacial score (nSPS) is 18.8. The SMILES string of the molecule is CCCCCC=CCC=CCCCCCCCC(CC=O)OC1CCCCO1. The van der Waals surface area contributed by atoms with E-state index >= 15 is 0 Å². The first kappa shape index (κ1) is 25.1. The molecule has 2 unspecified atom stereocenters. The number of rotatable bonds is 18. The summed E-state index contributed by atoms with van der Waals surface area (Å²) >= 11 is 0. The van der Waals surface area contributed by atoms with Crippen LogP contribution in [0.3, 0.4) is 0 Å². The van der Waals surface area contributed by atoms with Gasteiger partial charge in [-0.25, -0.2) is 0 Å². The minimum Gasteiger partial charge on any atom is -0.353 e. The van der Waals surface area contributed by atoms with Gasteiger partial charge in [0.25, 0.3) is 0 Å². The zero-order chi connectivity index (χ0) is 20.1. The van der Waals surface area contributed by atoms with E-state index in [9.17, 15) is 4.79 Å². The number of carbonyl (C=O) groups excluding carboxylic acids is 1. The van der Waals surface area contributed by atoms with E-state index < -0.39 is 0 Å². The average molecular weight is 393 g/mol. The van der Waals surface area contributed by atoms with Gasteiger partial charge in [0.1, 0.15) is 6.29 Å². The summed E-state index contributed by atoms with van der Waals surface area (Å²) < 4.78 is 11.6. The predicted octanol–water partition coefficient (Wildman–Crippen LogP) is 7.30. The van der Waals surface area contributed by atoms with Gasteiger partial charge in [0.05, 0.1) is 6.10 Å². The summed E-state index contributed by atoms with van der Waals surface area (Å²) in [7, 11) is 0. The highest BCUT2D eigenvalue weighted by Crippen LogP contribution is 2.19. The lowest BCUT2D eigenvalue weighted by atomic mass is 10.1. The Bertz CT molecular complexity index is 397. The molecule has 3 heteroatoms. The van der Waals surface area contributed by atoms with E-state index in [0.717, 1.165) is 45.0 Å². The van der Waals surface area contributed by atoms with E-state index in [1.807, 2.05) is 0 Å². The molecule has 1 fully saturated rings. The number of unbranched alkanes of at least 4 members (excludes halogenated alkanes) is 8. The van der Waals surface area contributed by atoms with Gasteiger partial charge in [-0.1, -0.05) is 69.8 Å². The maximum atomic E-state index is 10.9. The van der Waals surface area contributed by atoms with Crippen molar-refractivity contribution in [1.29, 1.82) is 0 Å². The number of hydrogen-bond donors (Lipinski definition) is 0. The van der Waals surface area contributed by atoms with Crippen LogP contribution in [-0.4, -0.2) is 25.3 Å². The molecule has 0 radical (unpaired) electrons. The molecule has 1 aliphatic heterocycles. The molecule has 1 heterocycles. The van der Waals surface area contributed by atoms with E-state index in [1.54, 1.807) is 0 Å². The van der Waals surface area contributed by atoms with E-state index in [1.165, 1.54) is 64.2 Å². The molecule has 2 atom stereocenters. The Morgan fingerprint density at radius 1 is 0.929 bits per heavy atom. The van der Waals surface area contributed by atoms with Crippen LogP contribution in [-0.2, 0) is 14.3 Å². The zero-order valence-corrected chi connectivity index (χ0v) is 18.3. The van der Waals surface area contributed by atoms with Crippen LogP contribution in [0.4, 0.5) is 0 Å². The first-order valence-corrected chi connectivity index (χ1v) is 11.9. The smallest absolute Gasteiger partial charge is 0.157 e. The Hall–Kier alpha value is -0.930. The highest BCUT2D eigenvalue weighted by molar-refractivity contribution is 5.50. The summed E-state index contributed by atoms with van der Waals surface area (Å²) in [4.78, 5) is 10.9. The van der Waals surface area contributed by atoms with E-state index in [0.29, 0.717) is 6.42 Å². The van der Waals surface area contributed by atoms with Crippen LogP contribution in [0.2, 0.25) is 0 Å². The van der Waals surface area contributed by atoms with Crippen molar-refractivity contribution in [1.82, 2.24) is 0 Å². The van der Waals surface area contributed by atoms with Crippen molar-refractivity contribution < 1.29 is 14.3 Å². The fourth-order valence-electron chi connectivity index (χ4n) is 3.57. The number of hydrogen-bond acceptors (Lipinski definition) is 3. The molecule has 0 N–H and O–H groups in total. The predicted molar refractivity (Wildman–Crippen MR) is 119 cm³/mol. The molecular weight excluding hydrogens is 348 g/mol. The van der Waals surface area contributed by atoms with Crippen molar-refractivity contribution in [2.24, 2.45) is 0 Å². The second kappa shape index (κ2) is 19.4. The Kier molecular flexibility index (Phi) is 17.4. The van der Waals surface area contributed by atoms with Gasteiger partial charge >= 0.3 is 0 Å². The molecule has 28 heavy (non-hydrogen) atoms. The van der Waals surface area contributed by atoms with Crippen LogP contribution in [0.25, 0.3) is 0 Å². The maximum absolute atomic E-state index is 10.9. The molecule has 1 rings (SSSR count). The van der Waals surface area contributed by atoms with Crippen molar-refractivity contribution in [3.05, 3.63) is 24.3 Å². The molecule has 1 aliphatic rings. The third kappa shape index (κ3) is 15.0. The monoisotopic (exact) mass is 392 g/mol. The molecule has 0 spiro atoms. The second-order valence-electron chi connectivity index (χ2n) is 7.98. The van der Waals surface area contributed by atoms with Gasteiger partial charge in [0.15, 0.2) is 6.29 Å². The van der Waals surface area contributed by atoms with Crippen molar-refractivity contribution >= 4 is 6.29 Å². The van der Waals surface area contributed by atoms with Gasteiger partial charge in [-0.15, -0.1) is 0 Å². The van der Waals surface area contributed by atoms with Gasteiger partial charge < -0.3 is 14.3 Å². The van der Waals surface area contributed by atoms with Crippen LogP contribution < -0.4 is 0 Å². The Labute approximate surface area is 174 Å². The molecule has 0 bridgehead atoms. The summed E-state index contributed by atoms with van der Waals surface area (Å²) in [5, 5.41) is 0. The van der Waals surface area contributed by atoms with Crippen LogP contribution >= 0.6 is 0 Å². The van der Waals surface area contributed by atoms with Crippen LogP contribution in [0, 0.1) is 0 Å². The zero-order valence-electron chi connectivity index (χ0n) is 18.3. The first-order chi connectivity index (χ1) is 13.9. The quantitative estimate of drug-likeness (QED) is 0.139. The van der Waals surface area contributed by atoms with Crippen molar-refractivity contribution in [2.75, 3.05) is 6.61 Å². The standard InChI is InChI=1S/C25H44O3/c1-2-3-4-5-6-7-8-9-10-11-12-13-14-15-16-19-24(21-22-26)28-25-20-17-18-23-27-25/h6-7,9-10,22,24-25H,2-5,8,11-21,23H2,1H3. The molecular formula is C25H44O3. The fourth-order valence-corrected chi connectivity index (χ4v) is 3.57. The lowest BCUT2D eigenvalue weighted by Gasteiger charge is -2.27. The molecule has 0 amide bonds. The maximum Gasteiger partial charge on any atom is 0.157 e. The minimum atomic E-state index is -0.0864. The highest BCUT2D eigenvalue weighted by atomic mass is 16.7. The summed E-state index contributed by atoms with van der Waals surface area (Å²) in [6, 6.07) is 0. The van der Waals surface area contributed by atoms with E-state index in [4.69, 9.17) is 9.47 Å². The molecule has 0 aromatic heterocycles. The number of carbonyl (C=O) groups is 1. The fraction of sp³-hybridized carbons (Fsp3) is 0.800. The Morgan fingerprint density at radius 3 is 2.32 bits per heavy atom. The third-order valence-electron chi connectivity index (χ3n) is 5.32. The topological polar surface area (TPSA) is 35.5 Å². The van der Waals surface area contributed by atoms with Crippen LogP contribution in [0.1, 0.15) is 110 Å². The molecule has 0 aliphatic carbocycles. The van der Waals surface area contributed by atoms with Crippen molar-refractivity contribution in [3.8, 4) is 0 Å². The van der Waals surface area contributed by atoms with Crippen molar-refractivity contribution in [2.45, 2.75) is 122 Å². The van der Waals surface area contributed by atoms with Gasteiger partial charge in [0.2, 0.25) is 0 Å². The van der Waals surface area contributed by atoms with E-state index in [2.05, 4.69) is 31.2 Å². The minimum absolute atomic E-state index is 0.0403. The van der Waals surface area contributed by atoms with Gasteiger partial charge in [0, 0.05) is 13.0 Å². The van der Waals surface area contributed by atoms with Crippen molar-refractivity contribution in [3.63, 3.8) is 0 Å². The van der Waals surface area contributed by atoms with Crippen LogP contribution in [0.15, 0.2) is 24.3 Å². The summed E-state index contributed by atoms with van der Waals surface area (Å²) in [5.41, 5.74) is 0. The molecule has 0 aromatic rings. The second-order valence-corrected chi connectivity index (χ2v) is 7.98. The molecule has 0 aromatic carbocycles. The average Bonchev–Trinajstić information content (AvgIpc) is 2.71. The summed E-state index contributed by atoms with van der Waals surface area (Å²) in [5.74, 6) is 0. The number of ether oxygens (including phenoxy) is 2. The van der Waals surface area contributed by atoms with E-state index in [-0.39, 0.29) is 12.4 Å². The van der Waals surface area contributed by atoms with Gasteiger partial charge in [-0.05, 0) is 57.8 Å². The Balaban J connectivity index is 1.93. The number of aldehydes is 1. The van der Waals surface area contributed by atoms with Gasteiger partial charge in [-0.3, -0.25) is 0 Å². The van der Waals surface area contributed by atoms with Gasteiger partial charge in [-0.2, -0.15) is 0 Å². The Morgan fingerprint density at radius 2 is 1.64 bits per heavy atom. The largest absolute Gasteiger partial charge is 0.353 e. The summed E-state index contributed by atoms with van der Waals surface area (Å²) in [6.07, 6.45) is 28.6. The lowest BCUT2D eigenvalue weighted by Crippen LogP contribution is -2.28. The first-order valence-electron chi connectivity index (χ1n) is 11.9. The highest BCUT2D eigenvalue weighted by Gasteiger charge is 2.19. The molecule has 162 valence electrons. The summed E-state index contributed by atoms with van der Waals surface area (Å²) in [6.45, 7) is 3.04. The van der Waals surface area contributed by atoms with Crippen LogP contribution in [0.5, 0.6) is 0 Å². The molecule has 0 saturated carbocycles.